The zero-order valence-electron chi connectivity index (χ0n) is 8.30. The van der Waals surface area contributed by atoms with E-state index in [1.807, 2.05) is 0 Å². The molecule has 0 atom stereocenters. The van der Waals surface area contributed by atoms with Gasteiger partial charge in [-0.1, -0.05) is 0 Å². The Morgan fingerprint density at radius 2 is 2.27 bits per heavy atom. The molecule has 1 aliphatic rings. The molecule has 0 unspecified atom stereocenters. The van der Waals surface area contributed by atoms with Crippen LogP contribution in [0, 0.1) is 6.92 Å². The summed E-state index contributed by atoms with van der Waals surface area (Å²) in [6, 6.07) is 1.71. The predicted octanol–water partition coefficient (Wildman–Crippen LogP) is 2.27. The molecular weight excluding hydrogens is 264 g/mol. The number of fused-ring (bicyclic) bond motifs is 1. The molecule has 5 heteroatoms. The average Bonchev–Trinajstić information content (AvgIpc) is 2.65. The number of carbonyl (C=O) groups excluding carboxylic acids is 1. The van der Waals surface area contributed by atoms with Crippen LogP contribution in [0.1, 0.15) is 15.9 Å². The second-order valence-electron chi connectivity index (χ2n) is 3.08. The molecule has 15 heavy (non-hydrogen) atoms. The summed E-state index contributed by atoms with van der Waals surface area (Å²) in [5, 5.41) is 0. The molecule has 0 aromatic heterocycles. The van der Waals surface area contributed by atoms with Crippen LogP contribution in [-0.4, -0.2) is 19.9 Å². The first-order valence-corrected chi connectivity index (χ1v) is 5.11. The molecule has 1 aromatic carbocycles. The van der Waals surface area contributed by atoms with Crippen molar-refractivity contribution in [3.05, 3.63) is 21.7 Å². The molecule has 0 spiro atoms. The Morgan fingerprint density at radius 3 is 2.93 bits per heavy atom. The number of hydrogen-bond acceptors (Lipinski definition) is 4. The van der Waals surface area contributed by atoms with Crippen molar-refractivity contribution < 1.29 is 19.0 Å². The van der Waals surface area contributed by atoms with Gasteiger partial charge in [0.1, 0.15) is 0 Å². The lowest BCUT2D eigenvalue weighted by molar-refractivity contribution is 0.0598. The lowest BCUT2D eigenvalue weighted by Gasteiger charge is -2.08. The van der Waals surface area contributed by atoms with Gasteiger partial charge in [0.2, 0.25) is 6.79 Å². The van der Waals surface area contributed by atoms with E-state index in [1.165, 1.54) is 7.11 Å². The SMILES string of the molecule is COC(=O)c1c(Br)cc2c(c1C)OCO2. The van der Waals surface area contributed by atoms with E-state index in [-0.39, 0.29) is 6.79 Å². The van der Waals surface area contributed by atoms with Gasteiger partial charge in [-0.3, -0.25) is 0 Å². The summed E-state index contributed by atoms with van der Waals surface area (Å²) in [4.78, 5) is 11.5. The van der Waals surface area contributed by atoms with Gasteiger partial charge in [-0.15, -0.1) is 0 Å². The fourth-order valence-electron chi connectivity index (χ4n) is 1.52. The van der Waals surface area contributed by atoms with Crippen LogP contribution in [0.5, 0.6) is 11.5 Å². The smallest absolute Gasteiger partial charge is 0.339 e. The average molecular weight is 273 g/mol. The molecule has 1 aromatic rings. The second-order valence-corrected chi connectivity index (χ2v) is 3.94. The summed E-state index contributed by atoms with van der Waals surface area (Å²) < 4.78 is 15.8. The molecule has 0 aliphatic carbocycles. The molecule has 0 fully saturated rings. The van der Waals surface area contributed by atoms with Gasteiger partial charge < -0.3 is 14.2 Å². The van der Waals surface area contributed by atoms with E-state index in [4.69, 9.17) is 14.2 Å². The third-order valence-electron chi connectivity index (χ3n) is 2.24. The van der Waals surface area contributed by atoms with E-state index in [1.54, 1.807) is 13.0 Å². The van der Waals surface area contributed by atoms with Crippen LogP contribution in [0.15, 0.2) is 10.5 Å². The number of benzene rings is 1. The maximum Gasteiger partial charge on any atom is 0.339 e. The van der Waals surface area contributed by atoms with Crippen LogP contribution in [0.3, 0.4) is 0 Å². The van der Waals surface area contributed by atoms with Crippen LogP contribution < -0.4 is 9.47 Å². The quantitative estimate of drug-likeness (QED) is 0.736. The number of methoxy groups -OCH3 is 1. The Kier molecular flexibility index (Phi) is 2.56. The van der Waals surface area contributed by atoms with Crippen molar-refractivity contribution in [1.82, 2.24) is 0 Å². The summed E-state index contributed by atoms with van der Waals surface area (Å²) in [5.41, 5.74) is 1.20. The van der Waals surface area contributed by atoms with E-state index < -0.39 is 5.97 Å². The second kappa shape index (κ2) is 3.73. The van der Waals surface area contributed by atoms with Gasteiger partial charge in [0.05, 0.1) is 12.7 Å². The fourth-order valence-corrected chi connectivity index (χ4v) is 2.19. The van der Waals surface area contributed by atoms with Gasteiger partial charge in [-0.05, 0) is 28.9 Å². The highest BCUT2D eigenvalue weighted by Crippen LogP contribution is 2.41. The van der Waals surface area contributed by atoms with Gasteiger partial charge in [-0.2, -0.15) is 0 Å². The summed E-state index contributed by atoms with van der Waals surface area (Å²) in [6.07, 6.45) is 0. The molecule has 0 N–H and O–H groups in total. The van der Waals surface area contributed by atoms with Gasteiger partial charge >= 0.3 is 5.97 Å². The molecule has 0 saturated heterocycles. The monoisotopic (exact) mass is 272 g/mol. The van der Waals surface area contributed by atoms with Gasteiger partial charge in [-0.25, -0.2) is 4.79 Å². The van der Waals surface area contributed by atoms with Crippen molar-refractivity contribution >= 4 is 21.9 Å². The number of hydrogen-bond donors (Lipinski definition) is 0. The van der Waals surface area contributed by atoms with Crippen molar-refractivity contribution in [1.29, 1.82) is 0 Å². The molecule has 0 saturated carbocycles. The Balaban J connectivity index is 2.61. The number of esters is 1. The van der Waals surface area contributed by atoms with Gasteiger partial charge in [0, 0.05) is 10.0 Å². The highest BCUT2D eigenvalue weighted by Gasteiger charge is 2.24. The van der Waals surface area contributed by atoms with Crippen LogP contribution in [0.2, 0.25) is 0 Å². The zero-order chi connectivity index (χ0) is 11.0. The molecule has 2 rings (SSSR count). The van der Waals surface area contributed by atoms with Crippen LogP contribution in [-0.2, 0) is 4.74 Å². The van der Waals surface area contributed by atoms with Crippen molar-refractivity contribution in [3.63, 3.8) is 0 Å². The summed E-state index contributed by atoms with van der Waals surface area (Å²) in [6.45, 7) is 1.98. The van der Waals surface area contributed by atoms with E-state index in [9.17, 15) is 4.79 Å². The van der Waals surface area contributed by atoms with Crippen molar-refractivity contribution in [2.24, 2.45) is 0 Å². The molecule has 1 aliphatic heterocycles. The van der Waals surface area contributed by atoms with Gasteiger partial charge in [0.15, 0.2) is 11.5 Å². The largest absolute Gasteiger partial charge is 0.465 e. The number of rotatable bonds is 1. The minimum Gasteiger partial charge on any atom is -0.465 e. The number of ether oxygens (including phenoxy) is 3. The molecule has 4 nitrogen and oxygen atoms in total. The summed E-state index contributed by atoms with van der Waals surface area (Å²) >= 11 is 3.31. The van der Waals surface area contributed by atoms with Crippen LogP contribution >= 0.6 is 15.9 Å². The van der Waals surface area contributed by atoms with Crippen molar-refractivity contribution in [2.75, 3.05) is 13.9 Å². The Morgan fingerprint density at radius 1 is 1.53 bits per heavy atom. The molecular formula is C10H9BrO4. The number of halogens is 1. The minimum absolute atomic E-state index is 0.188. The van der Waals surface area contributed by atoms with Gasteiger partial charge in [0.25, 0.3) is 0 Å². The fraction of sp³-hybridized carbons (Fsp3) is 0.300. The standard InChI is InChI=1S/C10H9BrO4/c1-5-8(10(12)13-2)6(11)3-7-9(5)15-4-14-7/h3H,4H2,1-2H3. The highest BCUT2D eigenvalue weighted by molar-refractivity contribution is 9.10. The zero-order valence-corrected chi connectivity index (χ0v) is 9.88. The summed E-state index contributed by atoms with van der Waals surface area (Å²) in [7, 11) is 1.35. The van der Waals surface area contributed by atoms with E-state index >= 15 is 0 Å². The third-order valence-corrected chi connectivity index (χ3v) is 2.87. The first kappa shape index (κ1) is 10.3. The molecule has 0 amide bonds. The summed E-state index contributed by atoms with van der Waals surface area (Å²) in [5.74, 6) is 0.864. The Bertz CT molecular complexity index is 428. The minimum atomic E-state index is -0.391. The third kappa shape index (κ3) is 1.56. The molecule has 80 valence electrons. The molecule has 0 bridgehead atoms. The van der Waals surface area contributed by atoms with Crippen molar-refractivity contribution in [3.8, 4) is 11.5 Å². The normalized spacial score (nSPS) is 12.7. The van der Waals surface area contributed by atoms with E-state index in [0.29, 0.717) is 21.5 Å². The van der Waals surface area contributed by atoms with Crippen molar-refractivity contribution in [2.45, 2.75) is 6.92 Å². The van der Waals surface area contributed by atoms with Crippen LogP contribution in [0.25, 0.3) is 0 Å². The number of carbonyl (C=O) groups is 1. The van der Waals surface area contributed by atoms with Crippen LogP contribution in [0.4, 0.5) is 0 Å². The molecule has 1 heterocycles. The van der Waals surface area contributed by atoms with E-state index in [0.717, 1.165) is 5.56 Å². The van der Waals surface area contributed by atoms with E-state index in [2.05, 4.69) is 15.9 Å². The first-order chi connectivity index (χ1) is 7.15. The Hall–Kier alpha value is -1.23. The first-order valence-electron chi connectivity index (χ1n) is 4.32. The molecule has 0 radical (unpaired) electrons. The maximum atomic E-state index is 11.5. The Labute approximate surface area is 95.3 Å². The predicted molar refractivity (Wildman–Crippen MR) is 56.3 cm³/mol. The lowest BCUT2D eigenvalue weighted by atomic mass is 10.1. The lowest BCUT2D eigenvalue weighted by Crippen LogP contribution is -2.05. The highest BCUT2D eigenvalue weighted by atomic mass is 79.9. The topological polar surface area (TPSA) is 44.8 Å². The maximum absolute atomic E-state index is 11.5.